The van der Waals surface area contributed by atoms with Crippen molar-refractivity contribution >= 4 is 11.9 Å². The largest absolute Gasteiger partial charge is 0.408 e. The molecule has 7 heteroatoms. The molecule has 0 radical (unpaired) electrons. The summed E-state index contributed by atoms with van der Waals surface area (Å²) in [5, 5.41) is 8.29. The molecule has 2 fully saturated rings. The highest BCUT2D eigenvalue weighted by Gasteiger charge is 2.35. The number of anilines is 1. The van der Waals surface area contributed by atoms with Crippen LogP contribution in [0.4, 0.5) is 6.01 Å². The van der Waals surface area contributed by atoms with Crippen molar-refractivity contribution in [2.45, 2.75) is 52.1 Å². The SMILES string of the molecule is Cc1cccc(CN2CCCC2C(=O)N2CCN(c3nnc(C(C)C)o3)CC2)c1. The van der Waals surface area contributed by atoms with Crippen LogP contribution >= 0.6 is 0 Å². The predicted octanol–water partition coefficient (Wildman–Crippen LogP) is 2.81. The predicted molar refractivity (Wildman–Crippen MR) is 112 cm³/mol. The molecule has 1 unspecified atom stereocenters. The molecular weight excluding hydrogens is 366 g/mol. The van der Waals surface area contributed by atoms with Crippen LogP contribution in [0.2, 0.25) is 0 Å². The summed E-state index contributed by atoms with van der Waals surface area (Å²) >= 11 is 0. The van der Waals surface area contributed by atoms with Gasteiger partial charge in [-0.3, -0.25) is 9.69 Å². The molecule has 1 amide bonds. The molecule has 1 aromatic carbocycles. The van der Waals surface area contributed by atoms with Crippen molar-refractivity contribution in [1.29, 1.82) is 0 Å². The molecule has 2 aromatic rings. The number of aromatic nitrogens is 2. The molecule has 1 aromatic heterocycles. The number of amides is 1. The summed E-state index contributed by atoms with van der Waals surface area (Å²) in [7, 11) is 0. The molecule has 156 valence electrons. The molecule has 2 saturated heterocycles. The number of carbonyl (C=O) groups is 1. The third-order valence-corrected chi connectivity index (χ3v) is 5.90. The number of piperazine rings is 1. The fourth-order valence-electron chi connectivity index (χ4n) is 4.26. The molecule has 29 heavy (non-hydrogen) atoms. The van der Waals surface area contributed by atoms with E-state index in [1.165, 1.54) is 11.1 Å². The normalized spacial score (nSPS) is 20.6. The van der Waals surface area contributed by atoms with Crippen LogP contribution < -0.4 is 4.90 Å². The lowest BCUT2D eigenvalue weighted by molar-refractivity contribution is -0.136. The molecule has 3 heterocycles. The maximum Gasteiger partial charge on any atom is 0.318 e. The van der Waals surface area contributed by atoms with E-state index >= 15 is 0 Å². The van der Waals surface area contributed by atoms with Gasteiger partial charge in [0.25, 0.3) is 0 Å². The second kappa shape index (κ2) is 8.53. The van der Waals surface area contributed by atoms with E-state index in [2.05, 4.69) is 51.2 Å². The number of rotatable bonds is 5. The average Bonchev–Trinajstić information content (AvgIpc) is 3.37. The van der Waals surface area contributed by atoms with Gasteiger partial charge in [-0.2, -0.15) is 0 Å². The molecule has 0 spiro atoms. The van der Waals surface area contributed by atoms with Gasteiger partial charge < -0.3 is 14.2 Å². The number of hydrogen-bond acceptors (Lipinski definition) is 6. The number of aryl methyl sites for hydroxylation is 1. The molecule has 0 bridgehead atoms. The molecule has 4 rings (SSSR count). The van der Waals surface area contributed by atoms with Crippen LogP contribution in [0.1, 0.15) is 49.6 Å². The first-order valence-corrected chi connectivity index (χ1v) is 10.7. The Labute approximate surface area is 172 Å². The smallest absolute Gasteiger partial charge is 0.318 e. The Hall–Kier alpha value is -2.41. The lowest BCUT2D eigenvalue weighted by Crippen LogP contribution is -2.53. The van der Waals surface area contributed by atoms with Gasteiger partial charge in [0, 0.05) is 38.6 Å². The highest BCUT2D eigenvalue weighted by atomic mass is 16.4. The summed E-state index contributed by atoms with van der Waals surface area (Å²) in [4.78, 5) is 19.7. The van der Waals surface area contributed by atoms with E-state index in [1.54, 1.807) is 0 Å². The number of benzene rings is 1. The maximum atomic E-state index is 13.2. The van der Waals surface area contributed by atoms with Crippen molar-refractivity contribution in [1.82, 2.24) is 20.0 Å². The van der Waals surface area contributed by atoms with Gasteiger partial charge in [-0.15, -0.1) is 5.10 Å². The van der Waals surface area contributed by atoms with E-state index in [-0.39, 0.29) is 17.9 Å². The first-order chi connectivity index (χ1) is 14.0. The minimum absolute atomic E-state index is 0.00184. The van der Waals surface area contributed by atoms with Gasteiger partial charge in [0.15, 0.2) is 0 Å². The lowest BCUT2D eigenvalue weighted by Gasteiger charge is -2.36. The van der Waals surface area contributed by atoms with Crippen LogP contribution in [0.25, 0.3) is 0 Å². The summed E-state index contributed by atoms with van der Waals surface area (Å²) in [6.45, 7) is 10.9. The van der Waals surface area contributed by atoms with Crippen LogP contribution in [0.3, 0.4) is 0 Å². The first kappa shape index (κ1) is 19.9. The highest BCUT2D eigenvalue weighted by molar-refractivity contribution is 5.82. The van der Waals surface area contributed by atoms with Crippen LogP contribution in [-0.4, -0.2) is 64.7 Å². The van der Waals surface area contributed by atoms with Gasteiger partial charge >= 0.3 is 6.01 Å². The van der Waals surface area contributed by atoms with Crippen molar-refractivity contribution in [3.05, 3.63) is 41.3 Å². The topological polar surface area (TPSA) is 65.7 Å². The summed E-state index contributed by atoms with van der Waals surface area (Å²) in [5.41, 5.74) is 2.55. The van der Waals surface area contributed by atoms with E-state index < -0.39 is 0 Å². The van der Waals surface area contributed by atoms with Crippen molar-refractivity contribution < 1.29 is 9.21 Å². The van der Waals surface area contributed by atoms with Crippen molar-refractivity contribution in [2.24, 2.45) is 0 Å². The van der Waals surface area contributed by atoms with Crippen molar-refractivity contribution in [3.63, 3.8) is 0 Å². The summed E-state index contributed by atoms with van der Waals surface area (Å²) in [5.74, 6) is 1.15. The second-order valence-electron chi connectivity index (χ2n) is 8.51. The fraction of sp³-hybridized carbons (Fsp3) is 0.591. The van der Waals surface area contributed by atoms with E-state index in [4.69, 9.17) is 4.42 Å². The average molecular weight is 398 g/mol. The lowest BCUT2D eigenvalue weighted by atomic mass is 10.1. The van der Waals surface area contributed by atoms with Gasteiger partial charge in [0.05, 0.1) is 6.04 Å². The molecule has 2 aliphatic rings. The Morgan fingerprint density at radius 3 is 2.66 bits per heavy atom. The Bertz CT molecular complexity index is 841. The standard InChI is InChI=1S/C22H31N5O2/c1-16(2)20-23-24-22(29-20)26-12-10-25(11-13-26)21(28)19-8-5-9-27(19)15-18-7-4-6-17(3)14-18/h4,6-7,14,16,19H,5,8-13,15H2,1-3H3. The summed E-state index contributed by atoms with van der Waals surface area (Å²) in [6.07, 6.45) is 2.04. The molecule has 0 aliphatic carbocycles. The van der Waals surface area contributed by atoms with Crippen LogP contribution in [0.15, 0.2) is 28.7 Å². The van der Waals surface area contributed by atoms with Crippen molar-refractivity contribution in [3.8, 4) is 0 Å². The molecular formula is C22H31N5O2. The van der Waals surface area contributed by atoms with E-state index in [0.717, 1.165) is 39.0 Å². The Balaban J connectivity index is 1.34. The second-order valence-corrected chi connectivity index (χ2v) is 8.51. The molecule has 1 atom stereocenters. The van der Waals surface area contributed by atoms with Gasteiger partial charge in [-0.1, -0.05) is 48.8 Å². The maximum absolute atomic E-state index is 13.2. The highest BCUT2D eigenvalue weighted by Crippen LogP contribution is 2.24. The van der Waals surface area contributed by atoms with Gasteiger partial charge in [0.1, 0.15) is 0 Å². The molecule has 0 N–H and O–H groups in total. The fourth-order valence-corrected chi connectivity index (χ4v) is 4.26. The minimum atomic E-state index is -0.00184. The third kappa shape index (κ3) is 4.45. The monoisotopic (exact) mass is 397 g/mol. The third-order valence-electron chi connectivity index (χ3n) is 5.90. The molecule has 2 aliphatic heterocycles. The minimum Gasteiger partial charge on any atom is -0.408 e. The van der Waals surface area contributed by atoms with Gasteiger partial charge in [0.2, 0.25) is 11.8 Å². The summed E-state index contributed by atoms with van der Waals surface area (Å²) < 4.78 is 5.77. The quantitative estimate of drug-likeness (QED) is 0.773. The number of carbonyl (C=O) groups excluding carboxylic acids is 1. The van der Waals surface area contributed by atoms with E-state index in [9.17, 15) is 4.79 Å². The Morgan fingerprint density at radius 1 is 1.17 bits per heavy atom. The zero-order valence-electron chi connectivity index (χ0n) is 17.7. The van der Waals surface area contributed by atoms with Crippen LogP contribution in [0, 0.1) is 6.92 Å². The van der Waals surface area contributed by atoms with Crippen LogP contribution in [0.5, 0.6) is 0 Å². The number of nitrogens with zero attached hydrogens (tertiary/aromatic N) is 5. The van der Waals surface area contributed by atoms with Crippen LogP contribution in [-0.2, 0) is 11.3 Å². The molecule has 7 nitrogen and oxygen atoms in total. The first-order valence-electron chi connectivity index (χ1n) is 10.7. The van der Waals surface area contributed by atoms with E-state index in [1.807, 2.05) is 18.7 Å². The van der Waals surface area contributed by atoms with Gasteiger partial charge in [-0.25, -0.2) is 0 Å². The summed E-state index contributed by atoms with van der Waals surface area (Å²) in [6, 6.07) is 9.15. The van der Waals surface area contributed by atoms with Crippen molar-refractivity contribution in [2.75, 3.05) is 37.6 Å². The Kier molecular flexibility index (Phi) is 5.85. The number of likely N-dealkylation sites (tertiary alicyclic amines) is 1. The zero-order valence-corrected chi connectivity index (χ0v) is 17.7. The van der Waals surface area contributed by atoms with Gasteiger partial charge in [-0.05, 0) is 31.9 Å². The van der Waals surface area contributed by atoms with E-state index in [0.29, 0.717) is 25.0 Å². The zero-order chi connectivity index (χ0) is 20.4. The Morgan fingerprint density at radius 2 is 1.97 bits per heavy atom. The number of hydrogen-bond donors (Lipinski definition) is 0. The molecule has 0 saturated carbocycles.